The van der Waals surface area contributed by atoms with Gasteiger partial charge in [-0.05, 0) is 63.8 Å². The molecule has 0 spiro atoms. The van der Waals surface area contributed by atoms with E-state index in [9.17, 15) is 15.0 Å². The monoisotopic (exact) mass is 404 g/mol. The Hall–Kier alpha value is -3.47. The maximum atomic E-state index is 12.5. The van der Waals surface area contributed by atoms with E-state index in [1.165, 1.54) is 29.3 Å². The zero-order valence-corrected chi connectivity index (χ0v) is 17.3. The summed E-state index contributed by atoms with van der Waals surface area (Å²) in [6.45, 7) is 6.26. The molecule has 0 aliphatic carbocycles. The van der Waals surface area contributed by atoms with E-state index in [0.29, 0.717) is 33.7 Å². The number of hydrogen-bond acceptors (Lipinski definition) is 5. The summed E-state index contributed by atoms with van der Waals surface area (Å²) in [5.41, 5.74) is 3.81. The summed E-state index contributed by atoms with van der Waals surface area (Å²) in [4.78, 5) is 12.5. The van der Waals surface area contributed by atoms with Gasteiger partial charge >= 0.3 is 5.63 Å². The molecule has 4 aromatic rings. The first-order valence-electron chi connectivity index (χ1n) is 9.96. The molecular weight excluding hydrogens is 380 g/mol. The van der Waals surface area contributed by atoms with E-state index < -0.39 is 5.63 Å². The third-order valence-corrected chi connectivity index (χ3v) is 5.27. The molecule has 0 radical (unpaired) electrons. The van der Waals surface area contributed by atoms with E-state index in [0.717, 1.165) is 18.4 Å². The maximum Gasteiger partial charge on any atom is 0.348 e. The lowest BCUT2D eigenvalue weighted by Crippen LogP contribution is -1.98. The molecule has 0 aliphatic rings. The van der Waals surface area contributed by atoms with Crippen LogP contribution in [0.5, 0.6) is 11.5 Å². The average Bonchev–Trinajstić information content (AvgIpc) is 3.05. The number of furan rings is 1. The van der Waals surface area contributed by atoms with Crippen LogP contribution in [0.2, 0.25) is 0 Å². The third-order valence-electron chi connectivity index (χ3n) is 5.27. The molecule has 0 saturated heterocycles. The van der Waals surface area contributed by atoms with E-state index in [2.05, 4.69) is 32.9 Å². The second kappa shape index (κ2) is 7.75. The van der Waals surface area contributed by atoms with Crippen molar-refractivity contribution < 1.29 is 19.0 Å². The quantitative estimate of drug-likeness (QED) is 0.299. The first-order chi connectivity index (χ1) is 14.3. The summed E-state index contributed by atoms with van der Waals surface area (Å²) >= 11 is 0. The van der Waals surface area contributed by atoms with Crippen LogP contribution in [0.3, 0.4) is 0 Å². The third kappa shape index (κ3) is 3.71. The van der Waals surface area contributed by atoms with E-state index in [4.69, 9.17) is 8.83 Å². The number of fused-ring (bicyclic) bond motifs is 5. The fourth-order valence-electron chi connectivity index (χ4n) is 3.64. The van der Waals surface area contributed by atoms with E-state index in [-0.39, 0.29) is 17.1 Å². The largest absolute Gasteiger partial charge is 0.508 e. The van der Waals surface area contributed by atoms with Gasteiger partial charge in [0.1, 0.15) is 28.1 Å². The summed E-state index contributed by atoms with van der Waals surface area (Å²) in [6.07, 6.45) is 6.83. The average molecular weight is 404 g/mol. The fraction of sp³-hybridized carbons (Fsp3) is 0.240. The molecule has 5 heteroatoms. The number of rotatable bonds is 5. The highest BCUT2D eigenvalue weighted by Gasteiger charge is 2.18. The molecule has 0 unspecified atom stereocenters. The van der Waals surface area contributed by atoms with Crippen LogP contribution in [0.25, 0.3) is 32.9 Å². The first-order valence-corrected chi connectivity index (χ1v) is 9.96. The van der Waals surface area contributed by atoms with Gasteiger partial charge in [0.05, 0.1) is 5.39 Å². The molecule has 0 bridgehead atoms. The van der Waals surface area contributed by atoms with Crippen LogP contribution in [0.15, 0.2) is 67.3 Å². The zero-order chi connectivity index (χ0) is 21.4. The molecule has 0 fully saturated rings. The number of phenolic OH excluding ortho intramolecular Hbond substituents is 2. The fourth-order valence-corrected chi connectivity index (χ4v) is 3.64. The van der Waals surface area contributed by atoms with Crippen molar-refractivity contribution in [2.24, 2.45) is 0 Å². The van der Waals surface area contributed by atoms with Gasteiger partial charge in [-0.15, -0.1) is 0 Å². The Morgan fingerprint density at radius 2 is 1.73 bits per heavy atom. The van der Waals surface area contributed by atoms with Gasteiger partial charge in [0, 0.05) is 17.5 Å². The predicted molar refractivity (Wildman–Crippen MR) is 119 cm³/mol. The zero-order valence-electron chi connectivity index (χ0n) is 17.3. The molecule has 5 nitrogen and oxygen atoms in total. The molecule has 30 heavy (non-hydrogen) atoms. The van der Waals surface area contributed by atoms with Gasteiger partial charge in [-0.2, -0.15) is 0 Å². The van der Waals surface area contributed by atoms with Gasteiger partial charge in [0.25, 0.3) is 0 Å². The Morgan fingerprint density at radius 1 is 0.967 bits per heavy atom. The summed E-state index contributed by atoms with van der Waals surface area (Å²) in [5, 5.41) is 21.7. The second-order valence-electron chi connectivity index (χ2n) is 7.93. The maximum absolute atomic E-state index is 12.5. The van der Waals surface area contributed by atoms with Crippen molar-refractivity contribution in [1.82, 2.24) is 0 Å². The number of phenols is 2. The second-order valence-corrected chi connectivity index (χ2v) is 7.93. The van der Waals surface area contributed by atoms with E-state index in [1.807, 2.05) is 0 Å². The molecule has 0 aliphatic heterocycles. The Morgan fingerprint density at radius 3 is 2.50 bits per heavy atom. The van der Waals surface area contributed by atoms with Crippen LogP contribution in [-0.4, -0.2) is 10.2 Å². The minimum absolute atomic E-state index is 0.0577. The highest BCUT2D eigenvalue weighted by atomic mass is 16.4. The topological polar surface area (TPSA) is 83.8 Å². The van der Waals surface area contributed by atoms with Crippen LogP contribution in [0.4, 0.5) is 0 Å². The van der Waals surface area contributed by atoms with Crippen molar-refractivity contribution in [3.63, 3.8) is 0 Å². The Kier molecular flexibility index (Phi) is 5.12. The van der Waals surface area contributed by atoms with Crippen molar-refractivity contribution in [3.8, 4) is 11.5 Å². The van der Waals surface area contributed by atoms with Gasteiger partial charge in [0.2, 0.25) is 0 Å². The highest BCUT2D eigenvalue weighted by Crippen LogP contribution is 2.35. The Labute approximate surface area is 173 Å². The van der Waals surface area contributed by atoms with Gasteiger partial charge in [0.15, 0.2) is 5.58 Å². The standard InChI is InChI=1S/C25H24O5/c1-14(2)5-4-6-15(3)7-8-16-11-19-22(13-20(16)27)30-25(28)23-18-10-9-17(26)12-21(18)29-24(19)23/h5,7,9-13,26-27H,4,6,8H2,1-3H3/b15-7-. The molecule has 2 heterocycles. The van der Waals surface area contributed by atoms with Crippen molar-refractivity contribution >= 4 is 32.9 Å². The molecular formula is C25H24O5. The molecule has 0 atom stereocenters. The van der Waals surface area contributed by atoms with Crippen molar-refractivity contribution in [2.75, 3.05) is 0 Å². The normalized spacial score (nSPS) is 12.2. The van der Waals surface area contributed by atoms with Crippen LogP contribution in [-0.2, 0) is 6.42 Å². The Balaban J connectivity index is 1.79. The first kappa shape index (κ1) is 19.8. The Bertz CT molecular complexity index is 1380. The molecule has 4 rings (SSSR count). The van der Waals surface area contributed by atoms with Gasteiger partial charge in [-0.3, -0.25) is 0 Å². The van der Waals surface area contributed by atoms with Crippen LogP contribution < -0.4 is 5.63 Å². The molecule has 2 aromatic carbocycles. The van der Waals surface area contributed by atoms with Gasteiger partial charge < -0.3 is 19.0 Å². The van der Waals surface area contributed by atoms with Gasteiger partial charge in [-0.1, -0.05) is 23.3 Å². The summed E-state index contributed by atoms with van der Waals surface area (Å²) < 4.78 is 11.3. The molecule has 154 valence electrons. The summed E-state index contributed by atoms with van der Waals surface area (Å²) in [7, 11) is 0. The van der Waals surface area contributed by atoms with Crippen LogP contribution in [0.1, 0.15) is 39.2 Å². The van der Waals surface area contributed by atoms with Crippen molar-refractivity contribution in [1.29, 1.82) is 0 Å². The SMILES string of the molecule is CC(C)=CCC/C(C)=C\Cc1cc2c(cc1O)oc(=O)c1c3ccc(O)cc3oc21. The molecule has 2 aromatic heterocycles. The van der Waals surface area contributed by atoms with Crippen LogP contribution >= 0.6 is 0 Å². The van der Waals surface area contributed by atoms with E-state index in [1.54, 1.807) is 12.1 Å². The molecule has 0 amide bonds. The highest BCUT2D eigenvalue weighted by molar-refractivity contribution is 6.13. The minimum Gasteiger partial charge on any atom is -0.508 e. The molecule has 2 N–H and O–H groups in total. The number of hydrogen-bond donors (Lipinski definition) is 2. The number of allylic oxidation sites excluding steroid dienone is 4. The summed E-state index contributed by atoms with van der Waals surface area (Å²) in [6, 6.07) is 7.88. The van der Waals surface area contributed by atoms with Crippen molar-refractivity contribution in [3.05, 3.63) is 69.6 Å². The minimum atomic E-state index is -0.538. The predicted octanol–water partition coefficient (Wildman–Crippen LogP) is 6.34. The van der Waals surface area contributed by atoms with Gasteiger partial charge in [-0.25, -0.2) is 4.79 Å². The lowest BCUT2D eigenvalue weighted by atomic mass is 10.0. The smallest absolute Gasteiger partial charge is 0.348 e. The van der Waals surface area contributed by atoms with Crippen molar-refractivity contribution in [2.45, 2.75) is 40.0 Å². The number of aromatic hydroxyl groups is 2. The summed E-state index contributed by atoms with van der Waals surface area (Å²) in [5.74, 6) is 0.134. The van der Waals surface area contributed by atoms with E-state index >= 15 is 0 Å². The lowest BCUT2D eigenvalue weighted by Gasteiger charge is -2.06. The van der Waals surface area contributed by atoms with Crippen LogP contribution in [0, 0.1) is 0 Å². The lowest BCUT2D eigenvalue weighted by molar-refractivity contribution is 0.468. The molecule has 0 saturated carbocycles. The number of benzene rings is 2.